The van der Waals surface area contributed by atoms with Crippen LogP contribution in [0, 0.1) is 0 Å². The molecule has 0 saturated carbocycles. The quantitative estimate of drug-likeness (QED) is 0.803. The lowest BCUT2D eigenvalue weighted by Crippen LogP contribution is -2.22. The monoisotopic (exact) mass is 229 g/mol. The first-order chi connectivity index (χ1) is 8.33. The van der Waals surface area contributed by atoms with Gasteiger partial charge in [-0.3, -0.25) is 0 Å². The van der Waals surface area contributed by atoms with Crippen LogP contribution in [0.3, 0.4) is 0 Å². The maximum Gasteiger partial charge on any atom is 0.209 e. The van der Waals surface area contributed by atoms with Gasteiger partial charge in [-0.2, -0.15) is 0 Å². The molecule has 1 aliphatic rings. The Hall–Kier alpha value is -1.87. The van der Waals surface area contributed by atoms with E-state index in [9.17, 15) is 0 Å². The highest BCUT2D eigenvalue weighted by atomic mass is 16.5. The van der Waals surface area contributed by atoms with Gasteiger partial charge in [0, 0.05) is 6.08 Å². The van der Waals surface area contributed by atoms with Crippen molar-refractivity contribution in [3.63, 3.8) is 0 Å². The highest BCUT2D eigenvalue weighted by Gasteiger charge is 2.26. The highest BCUT2D eigenvalue weighted by molar-refractivity contribution is 5.93. The van der Waals surface area contributed by atoms with Crippen LogP contribution in [0.2, 0.25) is 0 Å². The molecular formula is C14H15NO2. The number of benzene rings is 1. The number of aliphatic imine (C=N–C) groups is 1. The third kappa shape index (κ3) is 2.82. The second-order valence-electron chi connectivity index (χ2n) is 3.78. The van der Waals surface area contributed by atoms with Gasteiger partial charge in [-0.25, -0.2) is 4.99 Å². The van der Waals surface area contributed by atoms with Crippen molar-refractivity contribution in [2.75, 3.05) is 6.61 Å². The summed E-state index contributed by atoms with van der Waals surface area (Å²) in [6.45, 7) is 3.63. The normalized spacial score (nSPS) is 23.5. The average Bonchev–Trinajstić information content (AvgIpc) is 2.80. The summed E-state index contributed by atoms with van der Waals surface area (Å²) >= 11 is 0. The van der Waals surface area contributed by atoms with Crippen LogP contribution in [-0.2, 0) is 4.74 Å². The second-order valence-corrected chi connectivity index (χ2v) is 3.78. The second kappa shape index (κ2) is 5.46. The molecule has 2 rings (SSSR count). The van der Waals surface area contributed by atoms with Crippen LogP contribution in [0.5, 0.6) is 0 Å². The van der Waals surface area contributed by atoms with Crippen molar-refractivity contribution in [1.82, 2.24) is 0 Å². The topological polar surface area (TPSA) is 41.8 Å². The molecule has 0 fully saturated rings. The third-order valence-corrected chi connectivity index (χ3v) is 2.57. The van der Waals surface area contributed by atoms with Gasteiger partial charge in [0.2, 0.25) is 5.90 Å². The predicted molar refractivity (Wildman–Crippen MR) is 68.9 cm³/mol. The molecule has 3 nitrogen and oxygen atoms in total. The summed E-state index contributed by atoms with van der Waals surface area (Å²) < 4.78 is 5.52. The minimum absolute atomic E-state index is 0.0284. The van der Waals surface area contributed by atoms with Gasteiger partial charge >= 0.3 is 0 Å². The number of hydrogen-bond acceptors (Lipinski definition) is 3. The maximum absolute atomic E-state index is 9.11. The molecule has 0 unspecified atom stereocenters. The standard InChI is InChI=1S/C14H15NO2/c1-2-13-12(10-16)15-14(17-13)9-8-11-6-4-3-5-7-11/h2-9,12-13,16H,1,10H2/b9-8+/t12-,13-/m0/s1. The van der Waals surface area contributed by atoms with Crippen molar-refractivity contribution in [3.8, 4) is 0 Å². The smallest absolute Gasteiger partial charge is 0.209 e. The van der Waals surface area contributed by atoms with Crippen LogP contribution >= 0.6 is 0 Å². The maximum atomic E-state index is 9.11. The molecule has 2 atom stereocenters. The van der Waals surface area contributed by atoms with Crippen LogP contribution in [0.15, 0.2) is 54.1 Å². The van der Waals surface area contributed by atoms with Gasteiger partial charge in [0.1, 0.15) is 12.1 Å². The molecule has 0 spiro atoms. The molecule has 1 aliphatic heterocycles. The van der Waals surface area contributed by atoms with E-state index in [-0.39, 0.29) is 18.8 Å². The number of aliphatic hydroxyl groups is 1. The zero-order chi connectivity index (χ0) is 12.1. The zero-order valence-electron chi connectivity index (χ0n) is 9.49. The van der Waals surface area contributed by atoms with Gasteiger partial charge in [-0.05, 0) is 17.7 Å². The average molecular weight is 229 g/mol. The Morgan fingerprint density at radius 1 is 1.29 bits per heavy atom. The number of ether oxygens (including phenoxy) is 1. The first-order valence-electron chi connectivity index (χ1n) is 5.54. The first kappa shape index (κ1) is 11.6. The van der Waals surface area contributed by atoms with Crippen molar-refractivity contribution in [2.45, 2.75) is 12.1 Å². The third-order valence-electron chi connectivity index (χ3n) is 2.57. The molecule has 0 radical (unpaired) electrons. The van der Waals surface area contributed by atoms with Gasteiger partial charge in [-0.1, -0.05) is 36.9 Å². The van der Waals surface area contributed by atoms with Gasteiger partial charge < -0.3 is 9.84 Å². The Morgan fingerprint density at radius 3 is 2.65 bits per heavy atom. The van der Waals surface area contributed by atoms with Crippen LogP contribution < -0.4 is 0 Å². The van der Waals surface area contributed by atoms with E-state index in [2.05, 4.69) is 11.6 Å². The van der Waals surface area contributed by atoms with E-state index in [1.165, 1.54) is 0 Å². The highest BCUT2D eigenvalue weighted by Crippen LogP contribution is 2.15. The summed E-state index contributed by atoms with van der Waals surface area (Å²) in [6, 6.07) is 9.68. The van der Waals surface area contributed by atoms with E-state index in [1.54, 1.807) is 6.08 Å². The molecule has 1 N–H and O–H groups in total. The van der Waals surface area contributed by atoms with E-state index in [0.717, 1.165) is 5.56 Å². The van der Waals surface area contributed by atoms with E-state index < -0.39 is 0 Å². The van der Waals surface area contributed by atoms with Crippen molar-refractivity contribution >= 4 is 12.0 Å². The number of hydrogen-bond donors (Lipinski definition) is 1. The minimum atomic E-state index is -0.233. The van der Waals surface area contributed by atoms with Crippen molar-refractivity contribution in [1.29, 1.82) is 0 Å². The summed E-state index contributed by atoms with van der Waals surface area (Å²) in [5.74, 6) is 0.540. The molecule has 0 saturated heterocycles. The van der Waals surface area contributed by atoms with Crippen molar-refractivity contribution in [3.05, 3.63) is 54.6 Å². The van der Waals surface area contributed by atoms with Gasteiger partial charge in [0.05, 0.1) is 6.61 Å². The Kier molecular flexibility index (Phi) is 3.73. The van der Waals surface area contributed by atoms with E-state index in [0.29, 0.717) is 5.90 Å². The van der Waals surface area contributed by atoms with E-state index in [4.69, 9.17) is 9.84 Å². The van der Waals surface area contributed by atoms with Gasteiger partial charge in [-0.15, -0.1) is 0 Å². The van der Waals surface area contributed by atoms with Crippen molar-refractivity contribution in [2.24, 2.45) is 4.99 Å². The fourth-order valence-corrected chi connectivity index (χ4v) is 1.65. The number of aliphatic hydroxyl groups excluding tert-OH is 1. The van der Waals surface area contributed by atoms with Crippen LogP contribution in [0.25, 0.3) is 6.08 Å². The molecule has 1 aromatic carbocycles. The predicted octanol–water partition coefficient (Wildman–Crippen LogP) is 2.04. The minimum Gasteiger partial charge on any atom is -0.468 e. The molecule has 3 heteroatoms. The van der Waals surface area contributed by atoms with E-state index >= 15 is 0 Å². The van der Waals surface area contributed by atoms with E-state index in [1.807, 2.05) is 42.5 Å². The Labute approximate surface area is 101 Å². The fourth-order valence-electron chi connectivity index (χ4n) is 1.65. The summed E-state index contributed by atoms with van der Waals surface area (Å²) in [7, 11) is 0. The first-order valence-corrected chi connectivity index (χ1v) is 5.54. The zero-order valence-corrected chi connectivity index (χ0v) is 9.49. The van der Waals surface area contributed by atoms with Crippen LogP contribution in [0.1, 0.15) is 5.56 Å². The molecule has 1 aromatic rings. The van der Waals surface area contributed by atoms with Crippen molar-refractivity contribution < 1.29 is 9.84 Å². The number of rotatable bonds is 4. The summed E-state index contributed by atoms with van der Waals surface area (Å²) in [5, 5.41) is 9.11. The van der Waals surface area contributed by atoms with Crippen LogP contribution in [-0.4, -0.2) is 29.8 Å². The Balaban J connectivity index is 2.06. The van der Waals surface area contributed by atoms with Gasteiger partial charge in [0.15, 0.2) is 0 Å². The molecule has 17 heavy (non-hydrogen) atoms. The summed E-state index contributed by atoms with van der Waals surface area (Å²) in [4.78, 5) is 4.26. The molecule has 0 amide bonds. The molecule has 1 heterocycles. The molecule has 0 bridgehead atoms. The summed E-state index contributed by atoms with van der Waals surface area (Å²) in [6.07, 6.45) is 5.17. The molecule has 0 aromatic heterocycles. The lowest BCUT2D eigenvalue weighted by Gasteiger charge is -2.09. The largest absolute Gasteiger partial charge is 0.468 e. The van der Waals surface area contributed by atoms with Crippen LogP contribution in [0.4, 0.5) is 0 Å². The molecule has 0 aliphatic carbocycles. The number of nitrogens with zero attached hydrogens (tertiary/aromatic N) is 1. The molecular weight excluding hydrogens is 214 g/mol. The lowest BCUT2D eigenvalue weighted by atomic mass is 10.2. The SMILES string of the molecule is C=C[C@@H]1OC(/C=C/c2ccccc2)=N[C@H]1CO. The fraction of sp³-hybridized carbons (Fsp3) is 0.214. The summed E-state index contributed by atoms with van der Waals surface area (Å²) in [5.41, 5.74) is 1.08. The molecule has 88 valence electrons. The van der Waals surface area contributed by atoms with Gasteiger partial charge in [0.25, 0.3) is 0 Å². The Morgan fingerprint density at radius 2 is 2.06 bits per heavy atom. The lowest BCUT2D eigenvalue weighted by molar-refractivity contribution is 0.185. The Bertz CT molecular complexity index is 437.